The molecule has 1 atom stereocenters. The van der Waals surface area contributed by atoms with E-state index in [2.05, 4.69) is 16.0 Å². The van der Waals surface area contributed by atoms with Crippen LogP contribution in [0.15, 0.2) is 23.6 Å². The number of esters is 1. The molecule has 0 radical (unpaired) electrons. The highest BCUT2D eigenvalue weighted by molar-refractivity contribution is 7.09. The molecule has 0 aromatic carbocycles. The number of ketones is 1. The molecular weight excluding hydrogens is 326 g/mol. The van der Waals surface area contributed by atoms with Crippen molar-refractivity contribution in [1.29, 1.82) is 0 Å². The third-order valence-electron chi connectivity index (χ3n) is 4.04. The lowest BCUT2D eigenvalue weighted by molar-refractivity contribution is -0.152. The van der Waals surface area contributed by atoms with Gasteiger partial charge in [-0.3, -0.25) is 4.79 Å². The summed E-state index contributed by atoms with van der Waals surface area (Å²) in [6.45, 7) is 6.00. The first-order valence-corrected chi connectivity index (χ1v) is 8.89. The highest BCUT2D eigenvalue weighted by Crippen LogP contribution is 2.18. The molecule has 0 bridgehead atoms. The number of ether oxygens (including phenoxy) is 1. The fraction of sp³-hybridized carbons (Fsp3) is 0.444. The van der Waals surface area contributed by atoms with Crippen LogP contribution in [-0.2, 0) is 22.5 Å². The second-order valence-electron chi connectivity index (χ2n) is 5.72. The maximum Gasteiger partial charge on any atom is 0.335 e. The Kier molecular flexibility index (Phi) is 6.34. The van der Waals surface area contributed by atoms with Crippen molar-refractivity contribution in [2.24, 2.45) is 0 Å². The number of aryl methyl sites for hydroxylation is 2. The monoisotopic (exact) mass is 349 g/mol. The number of carbonyl (C=O) groups is 2. The lowest BCUT2D eigenvalue weighted by atomic mass is 10.1. The first kappa shape index (κ1) is 18.4. The highest BCUT2D eigenvalue weighted by Gasteiger charge is 2.19. The van der Waals surface area contributed by atoms with E-state index in [1.165, 1.54) is 4.88 Å². The third-order valence-corrected chi connectivity index (χ3v) is 4.98. The Bertz CT molecular complexity index is 703. The zero-order valence-electron chi connectivity index (χ0n) is 14.2. The Labute approximate surface area is 145 Å². The minimum atomic E-state index is -1.17. The Morgan fingerprint density at radius 2 is 2.12 bits per heavy atom. The van der Waals surface area contributed by atoms with Crippen LogP contribution in [0, 0.1) is 13.8 Å². The summed E-state index contributed by atoms with van der Waals surface area (Å²) < 4.78 is 6.99. The van der Waals surface area contributed by atoms with Gasteiger partial charge < -0.3 is 14.4 Å². The van der Waals surface area contributed by atoms with Crippen molar-refractivity contribution in [1.82, 2.24) is 4.57 Å². The van der Waals surface area contributed by atoms with Gasteiger partial charge in [-0.05, 0) is 44.2 Å². The van der Waals surface area contributed by atoms with Crippen molar-refractivity contribution in [3.05, 3.63) is 45.4 Å². The van der Waals surface area contributed by atoms with Crippen molar-refractivity contribution >= 4 is 23.1 Å². The summed E-state index contributed by atoms with van der Waals surface area (Å²) in [5.74, 6) is -1.00. The lowest BCUT2D eigenvalue weighted by Crippen LogP contribution is -2.25. The molecule has 0 amide bonds. The van der Waals surface area contributed by atoms with Gasteiger partial charge in [0.1, 0.15) is 0 Å². The number of Topliss-reactive ketones (excluding diaryl/α,β-unsaturated/α-hetero) is 1. The summed E-state index contributed by atoms with van der Waals surface area (Å²) in [6.07, 6.45) is 0.0138. The van der Waals surface area contributed by atoms with Crippen LogP contribution in [0.4, 0.5) is 0 Å². The summed E-state index contributed by atoms with van der Waals surface area (Å²) >= 11 is 1.72. The van der Waals surface area contributed by atoms with Crippen molar-refractivity contribution in [3.63, 3.8) is 0 Å². The molecule has 130 valence electrons. The van der Waals surface area contributed by atoms with Gasteiger partial charge in [0.2, 0.25) is 5.78 Å². The van der Waals surface area contributed by atoms with Crippen molar-refractivity contribution in [2.45, 2.75) is 46.3 Å². The largest absolute Gasteiger partial charge is 0.455 e. The lowest BCUT2D eigenvalue weighted by Gasteiger charge is -2.10. The highest BCUT2D eigenvalue weighted by atomic mass is 32.1. The zero-order chi connectivity index (χ0) is 17.7. The molecule has 1 N–H and O–H groups in total. The molecular formula is C18H23NO4S. The van der Waals surface area contributed by atoms with Crippen LogP contribution >= 0.6 is 11.3 Å². The van der Waals surface area contributed by atoms with E-state index in [0.717, 1.165) is 24.4 Å². The summed E-state index contributed by atoms with van der Waals surface area (Å²) in [5.41, 5.74) is 2.45. The van der Waals surface area contributed by atoms with Gasteiger partial charge in [-0.25, -0.2) is 4.79 Å². The number of thiophene rings is 1. The Morgan fingerprint density at radius 3 is 2.75 bits per heavy atom. The van der Waals surface area contributed by atoms with Gasteiger partial charge in [-0.1, -0.05) is 13.0 Å². The van der Waals surface area contributed by atoms with E-state index in [4.69, 9.17) is 4.74 Å². The van der Waals surface area contributed by atoms with Crippen LogP contribution < -0.4 is 0 Å². The molecule has 24 heavy (non-hydrogen) atoms. The number of hydrogen-bond donors (Lipinski definition) is 1. The molecule has 0 spiro atoms. The SMILES string of the molecule is CCC(O)C(=O)OCC(=O)c1cc(C)n(CCc2cccs2)c1C. The van der Waals surface area contributed by atoms with Crippen LogP contribution in [0.2, 0.25) is 0 Å². The smallest absolute Gasteiger partial charge is 0.335 e. The molecule has 0 aliphatic rings. The summed E-state index contributed by atoms with van der Waals surface area (Å²) in [7, 11) is 0. The molecule has 0 aliphatic carbocycles. The maximum atomic E-state index is 12.3. The molecule has 0 saturated heterocycles. The Hall–Kier alpha value is -1.92. The number of hydrogen-bond acceptors (Lipinski definition) is 5. The van der Waals surface area contributed by atoms with Crippen LogP contribution in [0.5, 0.6) is 0 Å². The minimum Gasteiger partial charge on any atom is -0.455 e. The van der Waals surface area contributed by atoms with Crippen LogP contribution in [-0.4, -0.2) is 34.1 Å². The molecule has 1 unspecified atom stereocenters. The number of carbonyl (C=O) groups excluding carboxylic acids is 2. The number of rotatable bonds is 8. The number of aliphatic hydroxyl groups is 1. The molecule has 2 aromatic rings. The Morgan fingerprint density at radius 1 is 1.38 bits per heavy atom. The van der Waals surface area contributed by atoms with E-state index in [9.17, 15) is 14.7 Å². The summed E-state index contributed by atoms with van der Waals surface area (Å²) in [5, 5.41) is 11.4. The van der Waals surface area contributed by atoms with Gasteiger partial charge >= 0.3 is 5.97 Å². The van der Waals surface area contributed by atoms with Gasteiger partial charge in [0.25, 0.3) is 0 Å². The molecule has 2 aromatic heterocycles. The van der Waals surface area contributed by atoms with E-state index in [0.29, 0.717) is 5.56 Å². The van der Waals surface area contributed by atoms with Crippen molar-refractivity contribution < 1.29 is 19.4 Å². The number of aliphatic hydroxyl groups excluding tert-OH is 1. The Balaban J connectivity index is 2.01. The normalized spacial score (nSPS) is 12.2. The average Bonchev–Trinajstić information content (AvgIpc) is 3.18. The second kappa shape index (κ2) is 8.26. The quantitative estimate of drug-likeness (QED) is 0.588. The predicted octanol–water partition coefficient (Wildman–Crippen LogP) is 2.91. The van der Waals surface area contributed by atoms with Gasteiger partial charge in [-0.2, -0.15) is 0 Å². The standard InChI is InChI=1S/C18H23NO4S/c1-4-16(20)18(22)23-11-17(21)15-10-12(2)19(13(15)3)8-7-14-6-5-9-24-14/h5-6,9-10,16,20H,4,7-8,11H2,1-3H3. The van der Waals surface area contributed by atoms with E-state index < -0.39 is 12.1 Å². The van der Waals surface area contributed by atoms with Gasteiger partial charge in [-0.15, -0.1) is 11.3 Å². The first-order chi connectivity index (χ1) is 11.4. The maximum absolute atomic E-state index is 12.3. The summed E-state index contributed by atoms with van der Waals surface area (Å²) in [4.78, 5) is 25.1. The topological polar surface area (TPSA) is 68.5 Å². The van der Waals surface area contributed by atoms with Gasteiger partial charge in [0.15, 0.2) is 12.7 Å². The zero-order valence-corrected chi connectivity index (χ0v) is 15.1. The van der Waals surface area contributed by atoms with E-state index in [1.54, 1.807) is 18.3 Å². The van der Waals surface area contributed by atoms with Crippen LogP contribution in [0.25, 0.3) is 0 Å². The van der Waals surface area contributed by atoms with E-state index in [-0.39, 0.29) is 18.8 Å². The minimum absolute atomic E-state index is 0.248. The average molecular weight is 349 g/mol. The molecule has 0 saturated carbocycles. The molecule has 0 fully saturated rings. The molecule has 2 heterocycles. The van der Waals surface area contributed by atoms with Crippen LogP contribution in [0.1, 0.15) is 40.0 Å². The molecule has 2 rings (SSSR count). The van der Waals surface area contributed by atoms with Crippen LogP contribution in [0.3, 0.4) is 0 Å². The van der Waals surface area contributed by atoms with Gasteiger partial charge in [0.05, 0.1) is 0 Å². The van der Waals surface area contributed by atoms with Gasteiger partial charge in [0, 0.05) is 28.4 Å². The predicted molar refractivity (Wildman–Crippen MR) is 93.5 cm³/mol. The fourth-order valence-corrected chi connectivity index (χ4v) is 3.28. The third kappa shape index (κ3) is 4.33. The fourth-order valence-electron chi connectivity index (χ4n) is 2.58. The molecule has 6 heteroatoms. The van der Waals surface area contributed by atoms with Crippen molar-refractivity contribution in [3.8, 4) is 0 Å². The number of aromatic nitrogens is 1. The summed E-state index contributed by atoms with van der Waals surface area (Å²) in [6, 6.07) is 5.96. The number of nitrogens with zero attached hydrogens (tertiary/aromatic N) is 1. The first-order valence-electron chi connectivity index (χ1n) is 8.01. The van der Waals surface area contributed by atoms with Crippen molar-refractivity contribution in [2.75, 3.05) is 6.61 Å². The molecule has 0 aliphatic heterocycles. The second-order valence-corrected chi connectivity index (χ2v) is 6.75. The van der Waals surface area contributed by atoms with E-state index >= 15 is 0 Å². The van der Waals surface area contributed by atoms with E-state index in [1.807, 2.05) is 26.0 Å². The molecule has 5 nitrogen and oxygen atoms in total.